The summed E-state index contributed by atoms with van der Waals surface area (Å²) in [5.74, 6) is -1.05. The van der Waals surface area contributed by atoms with E-state index in [-0.39, 0.29) is 28.4 Å². The first-order chi connectivity index (χ1) is 17.5. The molecule has 0 saturated carbocycles. The number of pyridine rings is 1. The second kappa shape index (κ2) is 10.8. The number of carbonyl (C=O) groups is 2. The van der Waals surface area contributed by atoms with Crippen LogP contribution in [0, 0.1) is 6.92 Å². The van der Waals surface area contributed by atoms with Gasteiger partial charge in [-0.2, -0.15) is 0 Å². The molecule has 1 saturated heterocycles. The van der Waals surface area contributed by atoms with E-state index in [1.54, 1.807) is 36.7 Å². The van der Waals surface area contributed by atoms with Crippen molar-refractivity contribution in [3.63, 3.8) is 0 Å². The van der Waals surface area contributed by atoms with Gasteiger partial charge in [0.1, 0.15) is 0 Å². The molecule has 1 aliphatic rings. The Kier molecular flexibility index (Phi) is 7.72. The van der Waals surface area contributed by atoms with Crippen LogP contribution in [-0.4, -0.2) is 47.9 Å². The molecule has 3 aromatic rings. The van der Waals surface area contributed by atoms with E-state index in [1.807, 2.05) is 19.9 Å². The van der Waals surface area contributed by atoms with Gasteiger partial charge in [-0.15, -0.1) is 0 Å². The number of nitrogens with two attached hydrogens (primary N) is 1. The summed E-state index contributed by atoms with van der Waals surface area (Å²) in [4.78, 5) is 30.8. The average Bonchev–Trinajstić information content (AvgIpc) is 3.31. The van der Waals surface area contributed by atoms with Gasteiger partial charge in [0.2, 0.25) is 15.9 Å². The number of amides is 1. The maximum Gasteiger partial charge on any atom is 0.335 e. The van der Waals surface area contributed by atoms with E-state index in [9.17, 15) is 18.0 Å². The van der Waals surface area contributed by atoms with Gasteiger partial charge in [-0.1, -0.05) is 18.2 Å². The van der Waals surface area contributed by atoms with Crippen LogP contribution in [0.2, 0.25) is 0 Å². The summed E-state index contributed by atoms with van der Waals surface area (Å²) in [7, 11) is -3.78. The first kappa shape index (κ1) is 26.5. The fourth-order valence-electron chi connectivity index (χ4n) is 4.71. The van der Waals surface area contributed by atoms with Crippen LogP contribution < -0.4 is 10.5 Å². The Morgan fingerprint density at radius 1 is 1.16 bits per heavy atom. The molecule has 4 rings (SSSR count). The van der Waals surface area contributed by atoms with Gasteiger partial charge < -0.3 is 10.4 Å². The minimum Gasteiger partial charge on any atom is -0.478 e. The quantitative estimate of drug-likeness (QED) is 0.412. The highest BCUT2D eigenvalue weighted by Gasteiger charge is 2.31. The fourth-order valence-corrected chi connectivity index (χ4v) is 5.31. The number of hydrogen-bond donors (Lipinski definition) is 3. The van der Waals surface area contributed by atoms with E-state index in [0.717, 1.165) is 47.2 Å². The molecule has 194 valence electrons. The third-order valence-corrected chi connectivity index (χ3v) is 7.61. The lowest BCUT2D eigenvalue weighted by atomic mass is 10.0. The summed E-state index contributed by atoms with van der Waals surface area (Å²) < 4.78 is 23.3. The van der Waals surface area contributed by atoms with Crippen molar-refractivity contribution in [1.29, 1.82) is 0 Å². The van der Waals surface area contributed by atoms with E-state index >= 15 is 0 Å². The van der Waals surface area contributed by atoms with E-state index in [2.05, 4.69) is 15.2 Å². The van der Waals surface area contributed by atoms with E-state index in [0.29, 0.717) is 6.54 Å². The predicted octanol–water partition coefficient (Wildman–Crippen LogP) is 3.24. The molecule has 0 unspecified atom stereocenters. The number of aromatic nitrogens is 1. The van der Waals surface area contributed by atoms with Crippen LogP contribution in [0.25, 0.3) is 11.1 Å². The molecule has 1 aliphatic heterocycles. The minimum absolute atomic E-state index is 0.0640. The lowest BCUT2D eigenvalue weighted by Crippen LogP contribution is -2.43. The molecule has 9 nitrogen and oxygen atoms in total. The zero-order chi connectivity index (χ0) is 26.7. The fraction of sp³-hybridized carbons (Fsp3) is 0.296. The Hall–Kier alpha value is -3.60. The zero-order valence-corrected chi connectivity index (χ0v) is 21.5. The summed E-state index contributed by atoms with van der Waals surface area (Å²) in [5.41, 5.74) is 4.48. The van der Waals surface area contributed by atoms with Gasteiger partial charge in [0.25, 0.3) is 0 Å². The maximum absolute atomic E-state index is 13.1. The normalized spacial score (nSPS) is 16.9. The molecule has 2 atom stereocenters. The highest BCUT2D eigenvalue weighted by atomic mass is 32.2. The lowest BCUT2D eigenvalue weighted by molar-refractivity contribution is -0.126. The van der Waals surface area contributed by atoms with Crippen LogP contribution in [-0.2, 0) is 21.4 Å². The van der Waals surface area contributed by atoms with E-state index < -0.39 is 16.0 Å². The molecule has 0 spiro atoms. The predicted molar refractivity (Wildman–Crippen MR) is 139 cm³/mol. The molecular formula is C27H30N4O5S. The lowest BCUT2D eigenvalue weighted by Gasteiger charge is -2.25. The first-order valence-corrected chi connectivity index (χ1v) is 13.5. The van der Waals surface area contributed by atoms with E-state index in [1.165, 1.54) is 18.2 Å². The highest BCUT2D eigenvalue weighted by Crippen LogP contribution is 2.27. The second-order valence-corrected chi connectivity index (χ2v) is 11.0. The Labute approximate surface area is 216 Å². The molecule has 1 aromatic heterocycles. The topological polar surface area (TPSA) is 143 Å². The third kappa shape index (κ3) is 6.22. The molecular weight excluding hydrogens is 492 g/mol. The largest absolute Gasteiger partial charge is 0.478 e. The standard InChI is InChI=1S/C27H30N4O5S/c1-17-12-23(37(28,35)36)9-10-24(17)22-13-19(14-29-15-22)16-31-11-3-4-25(31)26(32)30-18(2)20-5-7-21(8-6-20)27(33)34/h5-10,12-15,18,25H,3-4,11,16H2,1-2H3,(H,30,32)(H,33,34)(H2,28,35,36)/t18-,25+/m0/s1. The summed E-state index contributed by atoms with van der Waals surface area (Å²) in [5, 5.41) is 17.4. The minimum atomic E-state index is -3.78. The number of carboxylic acids is 1. The molecule has 1 fully saturated rings. The van der Waals surface area contributed by atoms with Crippen molar-refractivity contribution in [3.8, 4) is 11.1 Å². The number of aryl methyl sites for hydroxylation is 1. The molecule has 2 aromatic carbocycles. The maximum atomic E-state index is 13.1. The smallest absolute Gasteiger partial charge is 0.335 e. The molecule has 4 N–H and O–H groups in total. The van der Waals surface area contributed by atoms with Crippen LogP contribution in [0.3, 0.4) is 0 Å². The summed E-state index contributed by atoms with van der Waals surface area (Å²) in [6.45, 7) is 5.04. The van der Waals surface area contributed by atoms with Crippen LogP contribution >= 0.6 is 0 Å². The molecule has 0 bridgehead atoms. The molecule has 1 amide bonds. The van der Waals surface area contributed by atoms with Crippen LogP contribution in [0.15, 0.2) is 65.8 Å². The van der Waals surface area contributed by atoms with Gasteiger partial charge in [0.15, 0.2) is 0 Å². The highest BCUT2D eigenvalue weighted by molar-refractivity contribution is 7.89. The van der Waals surface area contributed by atoms with Gasteiger partial charge in [0.05, 0.1) is 22.5 Å². The Bertz CT molecular complexity index is 1420. The number of nitrogens with zero attached hydrogens (tertiary/aromatic N) is 2. The van der Waals surface area contributed by atoms with Crippen molar-refractivity contribution < 1.29 is 23.1 Å². The number of sulfonamides is 1. The summed E-state index contributed by atoms with van der Waals surface area (Å²) in [6, 6.07) is 12.7. The molecule has 0 aliphatic carbocycles. The van der Waals surface area contributed by atoms with Crippen molar-refractivity contribution in [2.24, 2.45) is 5.14 Å². The average molecular weight is 523 g/mol. The number of hydrogen-bond acceptors (Lipinski definition) is 6. The first-order valence-electron chi connectivity index (χ1n) is 12.0. The van der Waals surface area contributed by atoms with Crippen LogP contribution in [0.4, 0.5) is 0 Å². The molecule has 37 heavy (non-hydrogen) atoms. The van der Waals surface area contributed by atoms with Crippen LogP contribution in [0.1, 0.15) is 52.9 Å². The number of aromatic carboxylic acids is 1. The number of likely N-dealkylation sites (tertiary alicyclic amines) is 1. The number of primary sulfonamides is 1. The SMILES string of the molecule is Cc1cc(S(N)(=O)=O)ccc1-c1cncc(CN2CCC[C@@H]2C(=O)N[C@@H](C)c2ccc(C(=O)O)cc2)c1. The van der Waals surface area contributed by atoms with Crippen molar-refractivity contribution in [1.82, 2.24) is 15.2 Å². The Morgan fingerprint density at radius 3 is 2.54 bits per heavy atom. The zero-order valence-electron chi connectivity index (χ0n) is 20.7. The number of nitrogens with one attached hydrogen (secondary N) is 1. The third-order valence-electron chi connectivity index (χ3n) is 6.70. The van der Waals surface area contributed by atoms with Crippen LogP contribution in [0.5, 0.6) is 0 Å². The van der Waals surface area contributed by atoms with Gasteiger partial charge in [-0.25, -0.2) is 18.4 Å². The summed E-state index contributed by atoms with van der Waals surface area (Å²) in [6.07, 6.45) is 5.16. The number of benzene rings is 2. The molecule has 2 heterocycles. The number of carboxylic acid groups (broad SMARTS) is 1. The van der Waals surface area contributed by atoms with Crippen molar-refractivity contribution >= 4 is 21.9 Å². The van der Waals surface area contributed by atoms with Gasteiger partial charge in [-0.3, -0.25) is 14.7 Å². The van der Waals surface area contributed by atoms with Crippen molar-refractivity contribution in [2.45, 2.75) is 50.2 Å². The Balaban J connectivity index is 1.45. The number of carbonyl (C=O) groups excluding carboxylic acids is 1. The molecule has 0 radical (unpaired) electrons. The van der Waals surface area contributed by atoms with Gasteiger partial charge >= 0.3 is 5.97 Å². The second-order valence-electron chi connectivity index (χ2n) is 9.39. The van der Waals surface area contributed by atoms with Gasteiger partial charge in [-0.05, 0) is 85.8 Å². The Morgan fingerprint density at radius 2 is 1.89 bits per heavy atom. The molecule has 10 heteroatoms. The monoisotopic (exact) mass is 522 g/mol. The van der Waals surface area contributed by atoms with Crippen molar-refractivity contribution in [3.05, 3.63) is 83.2 Å². The van der Waals surface area contributed by atoms with E-state index in [4.69, 9.17) is 10.2 Å². The van der Waals surface area contributed by atoms with Crippen molar-refractivity contribution in [2.75, 3.05) is 6.54 Å². The number of rotatable bonds is 8. The van der Waals surface area contributed by atoms with Gasteiger partial charge in [0, 0.05) is 24.5 Å². The summed E-state index contributed by atoms with van der Waals surface area (Å²) >= 11 is 0.